The third kappa shape index (κ3) is 2.75. The topological polar surface area (TPSA) is 87.1 Å². The third-order valence-electron chi connectivity index (χ3n) is 5.90. The molecule has 0 aromatic rings. The van der Waals surface area contributed by atoms with Gasteiger partial charge in [0.1, 0.15) is 6.10 Å². The molecule has 2 aliphatic carbocycles. The first kappa shape index (κ1) is 17.4. The van der Waals surface area contributed by atoms with Gasteiger partial charge in [0, 0.05) is 23.9 Å². The Morgan fingerprint density at radius 1 is 1.04 bits per heavy atom. The molecule has 0 amide bonds. The molecule has 1 heterocycles. The van der Waals surface area contributed by atoms with Crippen molar-refractivity contribution < 1.29 is 24.6 Å². The van der Waals surface area contributed by atoms with Gasteiger partial charge in [-0.15, -0.1) is 0 Å². The summed E-state index contributed by atoms with van der Waals surface area (Å²) in [5.74, 6) is -2.66. The molecule has 0 aromatic carbocycles. The molecule has 0 radical (unpaired) electrons. The summed E-state index contributed by atoms with van der Waals surface area (Å²) in [6.45, 7) is 7.65. The van der Waals surface area contributed by atoms with Crippen LogP contribution in [0.2, 0.25) is 0 Å². The van der Waals surface area contributed by atoms with Crippen LogP contribution in [-0.2, 0) is 14.3 Å². The lowest BCUT2D eigenvalue weighted by atomic mass is 9.79. The van der Waals surface area contributed by atoms with Gasteiger partial charge < -0.3 is 15.1 Å². The summed E-state index contributed by atoms with van der Waals surface area (Å²) >= 11 is 0. The van der Waals surface area contributed by atoms with Crippen LogP contribution < -0.4 is 0 Å². The van der Waals surface area contributed by atoms with Crippen molar-refractivity contribution in [1.29, 1.82) is 0 Å². The van der Waals surface area contributed by atoms with Gasteiger partial charge >= 0.3 is 11.9 Å². The first-order valence-electron chi connectivity index (χ1n) is 8.64. The van der Waals surface area contributed by atoms with Crippen molar-refractivity contribution in [3.05, 3.63) is 12.2 Å². The number of hydroxylamine groups is 2. The summed E-state index contributed by atoms with van der Waals surface area (Å²) in [6, 6.07) is 0. The standard InChI is InChI=1S/C18H27NO5/c1-17(2)8-12(9-18(3,4)19(17)23)24-16(22)14-11-6-5-10(7-11)13(14)15(20)21/h5-6,10-14,23H,7-9H2,1-4H3,(H,20,21)/t10-,11+,13-,14+/m0/s1. The number of carbonyl (C=O) groups is 2. The maximum Gasteiger partial charge on any atom is 0.310 e. The van der Waals surface area contributed by atoms with E-state index in [2.05, 4.69) is 0 Å². The highest BCUT2D eigenvalue weighted by atomic mass is 16.5. The first-order valence-corrected chi connectivity index (χ1v) is 8.64. The first-order chi connectivity index (χ1) is 11.0. The summed E-state index contributed by atoms with van der Waals surface area (Å²) in [6.07, 6.45) is 5.33. The highest BCUT2D eigenvalue weighted by molar-refractivity contribution is 5.83. The largest absolute Gasteiger partial charge is 0.481 e. The number of rotatable bonds is 3. The van der Waals surface area contributed by atoms with Crippen molar-refractivity contribution in [2.45, 2.75) is 64.1 Å². The van der Waals surface area contributed by atoms with Crippen LogP contribution >= 0.6 is 0 Å². The fraction of sp³-hybridized carbons (Fsp3) is 0.778. The molecular formula is C18H27NO5. The molecule has 1 saturated carbocycles. The summed E-state index contributed by atoms with van der Waals surface area (Å²) in [7, 11) is 0. The van der Waals surface area contributed by atoms with Crippen LogP contribution in [-0.4, -0.2) is 44.5 Å². The third-order valence-corrected chi connectivity index (χ3v) is 5.90. The van der Waals surface area contributed by atoms with Gasteiger partial charge in [0.15, 0.2) is 0 Å². The van der Waals surface area contributed by atoms with E-state index in [1.165, 1.54) is 5.06 Å². The second-order valence-electron chi connectivity index (χ2n) is 8.74. The molecule has 1 saturated heterocycles. The maximum absolute atomic E-state index is 12.7. The molecule has 3 aliphatic rings. The van der Waals surface area contributed by atoms with E-state index >= 15 is 0 Å². The number of carboxylic acid groups (broad SMARTS) is 1. The molecule has 0 spiro atoms. The Morgan fingerprint density at radius 2 is 1.54 bits per heavy atom. The SMILES string of the molecule is CC1(C)CC(OC(=O)[C@H]2[C@@H](C(=O)O)[C@H]3C=C[C@@H]2C3)CC(C)(C)N1O. The number of aliphatic carboxylic acids is 1. The van der Waals surface area contributed by atoms with E-state index in [4.69, 9.17) is 4.74 Å². The minimum Gasteiger partial charge on any atom is -0.481 e. The van der Waals surface area contributed by atoms with Crippen molar-refractivity contribution in [1.82, 2.24) is 5.06 Å². The molecule has 3 rings (SSSR count). The second kappa shape index (κ2) is 5.56. The lowest BCUT2D eigenvalue weighted by molar-refractivity contribution is -0.260. The molecule has 4 atom stereocenters. The average Bonchev–Trinajstić information content (AvgIpc) is 3.04. The number of esters is 1. The molecule has 134 valence electrons. The predicted molar refractivity (Wildman–Crippen MR) is 86.3 cm³/mol. The van der Waals surface area contributed by atoms with Crippen molar-refractivity contribution >= 4 is 11.9 Å². The van der Waals surface area contributed by atoms with Crippen molar-refractivity contribution in [2.75, 3.05) is 0 Å². The Balaban J connectivity index is 1.73. The Morgan fingerprint density at radius 3 is 2.04 bits per heavy atom. The van der Waals surface area contributed by atoms with Crippen molar-refractivity contribution in [3.63, 3.8) is 0 Å². The van der Waals surface area contributed by atoms with Crippen molar-refractivity contribution in [2.24, 2.45) is 23.7 Å². The molecule has 2 N–H and O–H groups in total. The lowest BCUT2D eigenvalue weighted by Crippen LogP contribution is -2.60. The zero-order chi connectivity index (χ0) is 17.9. The number of carbonyl (C=O) groups excluding carboxylic acids is 1. The number of hydrogen-bond acceptors (Lipinski definition) is 5. The van der Waals surface area contributed by atoms with Gasteiger partial charge in [-0.3, -0.25) is 9.59 Å². The molecule has 6 heteroatoms. The quantitative estimate of drug-likeness (QED) is 0.608. The van der Waals surface area contributed by atoms with Crippen LogP contribution in [0, 0.1) is 23.7 Å². The monoisotopic (exact) mass is 337 g/mol. The Bertz CT molecular complexity index is 564. The second-order valence-corrected chi connectivity index (χ2v) is 8.74. The lowest BCUT2D eigenvalue weighted by Gasteiger charge is -2.51. The van der Waals surface area contributed by atoms with Crippen LogP contribution in [0.25, 0.3) is 0 Å². The van der Waals surface area contributed by atoms with E-state index in [-0.39, 0.29) is 17.9 Å². The molecule has 24 heavy (non-hydrogen) atoms. The molecule has 0 unspecified atom stereocenters. The van der Waals surface area contributed by atoms with E-state index in [0.717, 1.165) is 6.42 Å². The predicted octanol–water partition coefficient (Wildman–Crippen LogP) is 2.46. The van der Waals surface area contributed by atoms with E-state index in [1.54, 1.807) is 0 Å². The van der Waals surface area contributed by atoms with E-state index < -0.39 is 34.9 Å². The van der Waals surface area contributed by atoms with Crippen LogP contribution in [0.4, 0.5) is 0 Å². The van der Waals surface area contributed by atoms with Crippen LogP contribution in [0.5, 0.6) is 0 Å². The Labute approximate surface area is 142 Å². The van der Waals surface area contributed by atoms with Gasteiger partial charge in [-0.2, -0.15) is 5.06 Å². The average molecular weight is 337 g/mol. The van der Waals surface area contributed by atoms with E-state index in [9.17, 15) is 19.9 Å². The Kier molecular flexibility index (Phi) is 4.04. The van der Waals surface area contributed by atoms with Gasteiger partial charge in [0.05, 0.1) is 11.8 Å². The zero-order valence-electron chi connectivity index (χ0n) is 14.7. The summed E-state index contributed by atoms with van der Waals surface area (Å²) in [4.78, 5) is 24.3. The van der Waals surface area contributed by atoms with Gasteiger partial charge in [-0.1, -0.05) is 12.2 Å². The van der Waals surface area contributed by atoms with E-state index in [0.29, 0.717) is 12.8 Å². The summed E-state index contributed by atoms with van der Waals surface area (Å²) in [5.41, 5.74) is -1.01. The molecule has 2 bridgehead atoms. The molecule has 2 fully saturated rings. The van der Waals surface area contributed by atoms with E-state index in [1.807, 2.05) is 39.8 Å². The highest BCUT2D eigenvalue weighted by Crippen LogP contribution is 2.49. The molecule has 0 aromatic heterocycles. The minimum absolute atomic E-state index is 0.0254. The minimum atomic E-state index is -0.917. The number of hydrogen-bond donors (Lipinski definition) is 2. The normalized spacial score (nSPS) is 37.5. The maximum atomic E-state index is 12.7. The van der Waals surface area contributed by atoms with Gasteiger partial charge in [0.25, 0.3) is 0 Å². The highest BCUT2D eigenvalue weighted by Gasteiger charge is 2.54. The number of fused-ring (bicyclic) bond motifs is 2. The number of ether oxygens (including phenoxy) is 1. The smallest absolute Gasteiger partial charge is 0.310 e. The number of nitrogens with zero attached hydrogens (tertiary/aromatic N) is 1. The van der Waals surface area contributed by atoms with Crippen LogP contribution in [0.3, 0.4) is 0 Å². The fourth-order valence-electron chi connectivity index (χ4n) is 4.99. The Hall–Kier alpha value is -1.40. The van der Waals surface area contributed by atoms with Gasteiger partial charge in [0.2, 0.25) is 0 Å². The van der Waals surface area contributed by atoms with Crippen molar-refractivity contribution in [3.8, 4) is 0 Å². The number of carboxylic acids is 1. The molecule has 1 aliphatic heterocycles. The number of allylic oxidation sites excluding steroid dienone is 2. The molecular weight excluding hydrogens is 310 g/mol. The fourth-order valence-corrected chi connectivity index (χ4v) is 4.99. The molecule has 6 nitrogen and oxygen atoms in total. The summed E-state index contributed by atoms with van der Waals surface area (Å²) < 4.78 is 5.75. The van der Waals surface area contributed by atoms with Crippen LogP contribution in [0.15, 0.2) is 12.2 Å². The van der Waals surface area contributed by atoms with Gasteiger partial charge in [-0.25, -0.2) is 0 Å². The summed E-state index contributed by atoms with van der Waals surface area (Å²) in [5, 5.41) is 21.2. The van der Waals surface area contributed by atoms with Crippen LogP contribution in [0.1, 0.15) is 47.0 Å². The van der Waals surface area contributed by atoms with Gasteiger partial charge in [-0.05, 0) is 46.0 Å². The zero-order valence-corrected chi connectivity index (χ0v) is 14.7. The number of piperidine rings is 1.